The van der Waals surface area contributed by atoms with Gasteiger partial charge in [-0.3, -0.25) is 0 Å². The molecular weight excluding hydrogens is 286 g/mol. The van der Waals surface area contributed by atoms with Crippen molar-refractivity contribution in [3.05, 3.63) is 23.6 Å². The molecule has 0 atom stereocenters. The number of aromatic nitrogens is 1. The van der Waals surface area contributed by atoms with Crippen molar-refractivity contribution in [2.75, 3.05) is 18.0 Å². The van der Waals surface area contributed by atoms with Crippen molar-refractivity contribution < 1.29 is 17.6 Å². The molecular formula is C14H19F4N3. The number of nitrogens with one attached hydrogen (secondary N) is 1. The Morgan fingerprint density at radius 3 is 2.67 bits per heavy atom. The summed E-state index contributed by atoms with van der Waals surface area (Å²) >= 11 is 0. The Morgan fingerprint density at radius 2 is 2.10 bits per heavy atom. The summed E-state index contributed by atoms with van der Waals surface area (Å²) in [4.78, 5) is 5.17. The van der Waals surface area contributed by atoms with Crippen LogP contribution in [0, 0.1) is 5.82 Å². The van der Waals surface area contributed by atoms with E-state index >= 15 is 0 Å². The second kappa shape index (κ2) is 6.60. The molecule has 7 heteroatoms. The highest BCUT2D eigenvalue weighted by molar-refractivity contribution is 5.49. The van der Waals surface area contributed by atoms with Crippen molar-refractivity contribution in [1.82, 2.24) is 10.3 Å². The van der Waals surface area contributed by atoms with Crippen LogP contribution < -0.4 is 10.2 Å². The Kier molecular flexibility index (Phi) is 5.03. The number of hydrogen-bond acceptors (Lipinski definition) is 3. The SMILES string of the molecule is CCCNCc1cc(F)cnc1N(CC(F)(F)F)C1CC1. The van der Waals surface area contributed by atoms with Gasteiger partial charge >= 0.3 is 6.18 Å². The number of rotatable bonds is 7. The average molecular weight is 305 g/mol. The third kappa shape index (κ3) is 4.84. The van der Waals surface area contributed by atoms with E-state index in [0.717, 1.165) is 32.0 Å². The molecule has 0 bridgehead atoms. The Labute approximate surface area is 121 Å². The van der Waals surface area contributed by atoms with Gasteiger partial charge < -0.3 is 10.2 Å². The molecule has 0 aromatic carbocycles. The number of halogens is 4. The lowest BCUT2D eigenvalue weighted by Gasteiger charge is -2.27. The molecule has 21 heavy (non-hydrogen) atoms. The van der Waals surface area contributed by atoms with Gasteiger partial charge in [0.1, 0.15) is 18.2 Å². The van der Waals surface area contributed by atoms with E-state index in [0.29, 0.717) is 12.1 Å². The minimum absolute atomic E-state index is 0.144. The second-order valence-electron chi connectivity index (χ2n) is 5.29. The highest BCUT2D eigenvalue weighted by Gasteiger charge is 2.39. The maximum atomic E-state index is 13.3. The third-order valence-electron chi connectivity index (χ3n) is 3.26. The lowest BCUT2D eigenvalue weighted by Crippen LogP contribution is -2.37. The monoisotopic (exact) mass is 305 g/mol. The normalized spacial score (nSPS) is 15.3. The van der Waals surface area contributed by atoms with Crippen molar-refractivity contribution in [2.24, 2.45) is 0 Å². The summed E-state index contributed by atoms with van der Waals surface area (Å²) in [5.41, 5.74) is 0.472. The van der Waals surface area contributed by atoms with E-state index in [1.807, 2.05) is 6.92 Å². The lowest BCUT2D eigenvalue weighted by atomic mass is 10.2. The molecule has 0 spiro atoms. The van der Waals surface area contributed by atoms with Crippen LogP contribution in [0.2, 0.25) is 0 Å². The fourth-order valence-corrected chi connectivity index (χ4v) is 2.22. The van der Waals surface area contributed by atoms with Gasteiger partial charge in [0.05, 0.1) is 6.20 Å². The molecule has 1 aromatic rings. The van der Waals surface area contributed by atoms with Crippen LogP contribution in [0.25, 0.3) is 0 Å². The van der Waals surface area contributed by atoms with Crippen LogP contribution >= 0.6 is 0 Å². The van der Waals surface area contributed by atoms with Crippen molar-refractivity contribution in [3.8, 4) is 0 Å². The van der Waals surface area contributed by atoms with Gasteiger partial charge in [0.2, 0.25) is 0 Å². The standard InChI is InChI=1S/C14H19F4N3/c1-2-5-19-7-10-6-11(15)8-20-13(10)21(12-3-4-12)9-14(16,17)18/h6,8,12,19H,2-5,7,9H2,1H3. The largest absolute Gasteiger partial charge is 0.405 e. The molecule has 0 amide bonds. The smallest absolute Gasteiger partial charge is 0.344 e. The van der Waals surface area contributed by atoms with Crippen LogP contribution in [-0.4, -0.2) is 30.3 Å². The number of hydrogen-bond donors (Lipinski definition) is 1. The number of anilines is 1. The molecule has 0 aliphatic heterocycles. The summed E-state index contributed by atoms with van der Waals surface area (Å²) in [5.74, 6) is -0.297. The van der Waals surface area contributed by atoms with E-state index in [1.165, 1.54) is 11.0 Å². The molecule has 1 aliphatic carbocycles. The molecule has 0 radical (unpaired) electrons. The summed E-state index contributed by atoms with van der Waals surface area (Å²) < 4.78 is 51.6. The quantitative estimate of drug-likeness (QED) is 0.619. The predicted octanol–water partition coefficient (Wildman–Crippen LogP) is 3.25. The highest BCUT2D eigenvalue weighted by atomic mass is 19.4. The zero-order valence-electron chi connectivity index (χ0n) is 11.9. The third-order valence-corrected chi connectivity index (χ3v) is 3.26. The van der Waals surface area contributed by atoms with Gasteiger partial charge in [-0.1, -0.05) is 6.92 Å². The number of pyridine rings is 1. The topological polar surface area (TPSA) is 28.2 Å². The van der Waals surface area contributed by atoms with Crippen LogP contribution in [0.3, 0.4) is 0 Å². The first-order valence-corrected chi connectivity index (χ1v) is 7.09. The van der Waals surface area contributed by atoms with Crippen LogP contribution in [0.5, 0.6) is 0 Å². The van der Waals surface area contributed by atoms with E-state index in [2.05, 4.69) is 10.3 Å². The Hall–Kier alpha value is -1.37. The maximum Gasteiger partial charge on any atom is 0.405 e. The Balaban J connectivity index is 2.22. The molecule has 0 unspecified atom stereocenters. The van der Waals surface area contributed by atoms with Crippen molar-refractivity contribution >= 4 is 5.82 Å². The molecule has 1 aromatic heterocycles. The Bertz CT molecular complexity index is 472. The number of alkyl halides is 3. The first-order valence-electron chi connectivity index (χ1n) is 7.09. The zero-order valence-corrected chi connectivity index (χ0v) is 11.9. The minimum atomic E-state index is -4.30. The van der Waals surface area contributed by atoms with E-state index in [9.17, 15) is 17.6 Å². The van der Waals surface area contributed by atoms with E-state index in [1.54, 1.807) is 0 Å². The van der Waals surface area contributed by atoms with Gasteiger partial charge in [0, 0.05) is 18.2 Å². The summed E-state index contributed by atoms with van der Waals surface area (Å²) in [5, 5.41) is 3.08. The second-order valence-corrected chi connectivity index (χ2v) is 5.29. The zero-order chi connectivity index (χ0) is 15.5. The lowest BCUT2D eigenvalue weighted by molar-refractivity contribution is -0.120. The van der Waals surface area contributed by atoms with E-state index < -0.39 is 18.5 Å². The Morgan fingerprint density at radius 1 is 1.38 bits per heavy atom. The summed E-state index contributed by atoms with van der Waals surface area (Å²) in [6.45, 7) is 1.97. The van der Waals surface area contributed by atoms with Crippen molar-refractivity contribution in [1.29, 1.82) is 0 Å². The van der Waals surface area contributed by atoms with Gasteiger partial charge in [-0.2, -0.15) is 13.2 Å². The molecule has 3 nitrogen and oxygen atoms in total. The molecule has 118 valence electrons. The average Bonchev–Trinajstić information content (AvgIpc) is 3.20. The first-order chi connectivity index (χ1) is 9.90. The summed E-state index contributed by atoms with van der Waals surface area (Å²) in [6.07, 6.45) is -0.988. The van der Waals surface area contributed by atoms with Crippen LogP contribution in [0.1, 0.15) is 31.7 Å². The molecule has 0 saturated heterocycles. The van der Waals surface area contributed by atoms with Crippen LogP contribution in [0.4, 0.5) is 23.4 Å². The molecule has 1 aliphatic rings. The van der Waals surface area contributed by atoms with Gasteiger partial charge in [-0.05, 0) is 31.9 Å². The summed E-state index contributed by atoms with van der Waals surface area (Å²) in [7, 11) is 0. The number of nitrogens with zero attached hydrogens (tertiary/aromatic N) is 2. The summed E-state index contributed by atoms with van der Waals surface area (Å²) in [6, 6.07) is 1.12. The van der Waals surface area contributed by atoms with Gasteiger partial charge in [0.25, 0.3) is 0 Å². The fourth-order valence-electron chi connectivity index (χ4n) is 2.22. The molecule has 1 saturated carbocycles. The molecule has 1 N–H and O–H groups in total. The molecule has 2 rings (SSSR count). The molecule has 1 fully saturated rings. The van der Waals surface area contributed by atoms with E-state index in [4.69, 9.17) is 0 Å². The predicted molar refractivity (Wildman–Crippen MR) is 72.6 cm³/mol. The molecule has 1 heterocycles. The van der Waals surface area contributed by atoms with Crippen molar-refractivity contribution in [2.45, 2.75) is 44.9 Å². The van der Waals surface area contributed by atoms with Crippen LogP contribution in [0.15, 0.2) is 12.3 Å². The van der Waals surface area contributed by atoms with Crippen LogP contribution in [-0.2, 0) is 6.54 Å². The van der Waals surface area contributed by atoms with Gasteiger partial charge in [0.15, 0.2) is 0 Å². The maximum absolute atomic E-state index is 13.3. The van der Waals surface area contributed by atoms with Crippen molar-refractivity contribution in [3.63, 3.8) is 0 Å². The van der Waals surface area contributed by atoms with Gasteiger partial charge in [-0.25, -0.2) is 9.37 Å². The highest BCUT2D eigenvalue weighted by Crippen LogP contribution is 2.35. The van der Waals surface area contributed by atoms with Gasteiger partial charge in [-0.15, -0.1) is 0 Å². The minimum Gasteiger partial charge on any atom is -0.344 e. The first kappa shape index (κ1) is 16.0. The van der Waals surface area contributed by atoms with E-state index in [-0.39, 0.29) is 11.9 Å². The fraction of sp³-hybridized carbons (Fsp3) is 0.643.